The van der Waals surface area contributed by atoms with Crippen molar-refractivity contribution in [3.8, 4) is 0 Å². The van der Waals surface area contributed by atoms with Crippen LogP contribution in [0.15, 0.2) is 47.4 Å². The standard InChI is InChI=1S/C29H35F2N5O3S2/c1-18(2)16-34(17-19(3)4)41(38,39)24-9-7-22(8-10-24)28(37)35(11-12-36-21(6)13-20(5)33-36)29-32-27-25(31)14-23(30)15-26(27)40-29/h7-10,13-15,18-19H,11-12,16-17H2,1-6H3. The highest BCUT2D eigenvalue weighted by molar-refractivity contribution is 7.89. The van der Waals surface area contributed by atoms with E-state index in [1.807, 2.05) is 47.6 Å². The van der Waals surface area contributed by atoms with Crippen molar-refractivity contribution < 1.29 is 22.0 Å². The molecule has 0 aliphatic rings. The van der Waals surface area contributed by atoms with E-state index >= 15 is 0 Å². The molecule has 2 heterocycles. The molecule has 4 aromatic rings. The number of amides is 1. The second-order valence-electron chi connectivity index (χ2n) is 11.0. The van der Waals surface area contributed by atoms with E-state index in [0.29, 0.717) is 19.6 Å². The summed E-state index contributed by atoms with van der Waals surface area (Å²) in [5.41, 5.74) is 1.96. The molecule has 0 fully saturated rings. The number of aryl methyl sites for hydroxylation is 2. The molecule has 0 N–H and O–H groups in total. The van der Waals surface area contributed by atoms with Crippen molar-refractivity contribution in [1.29, 1.82) is 0 Å². The maximum Gasteiger partial charge on any atom is 0.260 e. The Kier molecular flexibility index (Phi) is 9.25. The van der Waals surface area contributed by atoms with Crippen LogP contribution in [0, 0.1) is 37.3 Å². The number of sulfonamides is 1. The van der Waals surface area contributed by atoms with Crippen LogP contribution in [0.1, 0.15) is 49.4 Å². The number of aromatic nitrogens is 3. The lowest BCUT2D eigenvalue weighted by atomic mass is 10.2. The molecule has 2 aromatic heterocycles. The van der Waals surface area contributed by atoms with Crippen LogP contribution in [0.2, 0.25) is 0 Å². The highest BCUT2D eigenvalue weighted by Crippen LogP contribution is 2.32. The topological polar surface area (TPSA) is 88.4 Å². The number of carbonyl (C=O) groups is 1. The smallest absolute Gasteiger partial charge is 0.260 e. The molecule has 4 rings (SSSR count). The number of thiazole rings is 1. The Labute approximate surface area is 243 Å². The van der Waals surface area contributed by atoms with Gasteiger partial charge in [0, 0.05) is 37.0 Å². The largest absolute Gasteiger partial charge is 0.282 e. The third-order valence-electron chi connectivity index (χ3n) is 6.39. The molecule has 8 nitrogen and oxygen atoms in total. The van der Waals surface area contributed by atoms with Gasteiger partial charge in [0.15, 0.2) is 10.9 Å². The third kappa shape index (κ3) is 6.99. The first-order chi connectivity index (χ1) is 19.3. The summed E-state index contributed by atoms with van der Waals surface area (Å²) >= 11 is 1.01. The molecular weight excluding hydrogens is 568 g/mol. The third-order valence-corrected chi connectivity index (χ3v) is 9.26. The van der Waals surface area contributed by atoms with Crippen molar-refractivity contribution in [2.45, 2.75) is 53.0 Å². The number of anilines is 1. The van der Waals surface area contributed by atoms with Gasteiger partial charge < -0.3 is 0 Å². The summed E-state index contributed by atoms with van der Waals surface area (Å²) in [7, 11) is -3.77. The summed E-state index contributed by atoms with van der Waals surface area (Å²) in [5.74, 6) is -1.70. The van der Waals surface area contributed by atoms with Crippen molar-refractivity contribution in [2.24, 2.45) is 11.8 Å². The number of hydrogen-bond donors (Lipinski definition) is 0. The van der Waals surface area contributed by atoms with Gasteiger partial charge in [-0.15, -0.1) is 0 Å². The first-order valence-electron chi connectivity index (χ1n) is 13.4. The molecule has 2 aromatic carbocycles. The Morgan fingerprint density at radius 1 is 1.00 bits per heavy atom. The summed E-state index contributed by atoms with van der Waals surface area (Å²) < 4.78 is 58.7. The van der Waals surface area contributed by atoms with Crippen molar-refractivity contribution in [1.82, 2.24) is 19.1 Å². The molecule has 0 aliphatic heterocycles. The zero-order chi connectivity index (χ0) is 30.1. The number of rotatable bonds is 11. The zero-order valence-electron chi connectivity index (χ0n) is 24.1. The molecule has 0 atom stereocenters. The number of carbonyl (C=O) groups excluding carboxylic acids is 1. The second-order valence-corrected chi connectivity index (χ2v) is 13.9. The second kappa shape index (κ2) is 12.3. The lowest BCUT2D eigenvalue weighted by Gasteiger charge is -2.26. The highest BCUT2D eigenvalue weighted by Gasteiger charge is 2.27. The van der Waals surface area contributed by atoms with E-state index in [0.717, 1.165) is 28.8 Å². The van der Waals surface area contributed by atoms with Crippen LogP contribution in [0.3, 0.4) is 0 Å². The monoisotopic (exact) mass is 603 g/mol. The molecule has 0 unspecified atom stereocenters. The van der Waals surface area contributed by atoms with Crippen molar-refractivity contribution in [2.75, 3.05) is 24.5 Å². The van der Waals surface area contributed by atoms with E-state index in [1.165, 1.54) is 39.5 Å². The van der Waals surface area contributed by atoms with Gasteiger partial charge in [0.2, 0.25) is 10.0 Å². The van der Waals surface area contributed by atoms with Crippen molar-refractivity contribution in [3.63, 3.8) is 0 Å². The molecule has 0 spiro atoms. The number of nitrogens with zero attached hydrogens (tertiary/aromatic N) is 5. The Morgan fingerprint density at radius 3 is 2.20 bits per heavy atom. The van der Waals surface area contributed by atoms with Gasteiger partial charge in [-0.05, 0) is 62.1 Å². The molecule has 0 saturated carbocycles. The summed E-state index contributed by atoms with van der Waals surface area (Å²) in [5, 5.41) is 4.65. The molecule has 0 bridgehead atoms. The molecule has 12 heteroatoms. The fourth-order valence-electron chi connectivity index (χ4n) is 4.60. The Balaban J connectivity index is 1.67. The summed E-state index contributed by atoms with van der Waals surface area (Å²) in [6.07, 6.45) is 0. The number of halogens is 2. The zero-order valence-corrected chi connectivity index (χ0v) is 25.7. The average Bonchev–Trinajstić information content (AvgIpc) is 3.45. The van der Waals surface area contributed by atoms with Crippen LogP contribution in [0.4, 0.5) is 13.9 Å². The quantitative estimate of drug-likeness (QED) is 0.209. The number of hydrogen-bond acceptors (Lipinski definition) is 6. The minimum Gasteiger partial charge on any atom is -0.282 e. The van der Waals surface area contributed by atoms with Gasteiger partial charge in [-0.1, -0.05) is 39.0 Å². The summed E-state index contributed by atoms with van der Waals surface area (Å²) in [6, 6.07) is 9.68. The van der Waals surface area contributed by atoms with E-state index < -0.39 is 27.6 Å². The van der Waals surface area contributed by atoms with Crippen LogP contribution >= 0.6 is 11.3 Å². The normalized spacial score (nSPS) is 12.3. The predicted octanol–water partition coefficient (Wildman–Crippen LogP) is 6.04. The van der Waals surface area contributed by atoms with Gasteiger partial charge in [0.1, 0.15) is 11.3 Å². The van der Waals surface area contributed by atoms with Gasteiger partial charge in [0.05, 0.1) is 21.8 Å². The van der Waals surface area contributed by atoms with Crippen LogP contribution in [-0.4, -0.2) is 53.0 Å². The van der Waals surface area contributed by atoms with Gasteiger partial charge in [-0.2, -0.15) is 9.40 Å². The van der Waals surface area contributed by atoms with Gasteiger partial charge in [-0.3, -0.25) is 14.4 Å². The molecule has 41 heavy (non-hydrogen) atoms. The van der Waals surface area contributed by atoms with Crippen molar-refractivity contribution >= 4 is 42.6 Å². The Hall–Kier alpha value is -3.22. The van der Waals surface area contributed by atoms with Crippen LogP contribution in [-0.2, 0) is 16.6 Å². The molecule has 0 aliphatic carbocycles. The Bertz CT molecular complexity index is 1640. The average molecular weight is 604 g/mol. The van der Waals surface area contributed by atoms with E-state index in [-0.39, 0.29) is 44.2 Å². The van der Waals surface area contributed by atoms with Gasteiger partial charge >= 0.3 is 0 Å². The van der Waals surface area contributed by atoms with Gasteiger partial charge in [0.25, 0.3) is 5.91 Å². The summed E-state index contributed by atoms with van der Waals surface area (Å²) in [4.78, 5) is 19.6. The maximum absolute atomic E-state index is 14.5. The highest BCUT2D eigenvalue weighted by atomic mass is 32.2. The summed E-state index contributed by atoms with van der Waals surface area (Å²) in [6.45, 7) is 12.9. The molecule has 220 valence electrons. The van der Waals surface area contributed by atoms with Crippen LogP contribution < -0.4 is 4.90 Å². The van der Waals surface area contributed by atoms with E-state index in [4.69, 9.17) is 0 Å². The molecular formula is C29H35F2N5O3S2. The minimum absolute atomic E-state index is 0.0212. The molecule has 1 amide bonds. The van der Waals surface area contributed by atoms with Crippen LogP contribution in [0.25, 0.3) is 10.2 Å². The van der Waals surface area contributed by atoms with E-state index in [2.05, 4.69) is 10.1 Å². The fourth-order valence-corrected chi connectivity index (χ4v) is 7.40. The van der Waals surface area contributed by atoms with Crippen molar-refractivity contribution in [3.05, 3.63) is 71.1 Å². The first-order valence-corrected chi connectivity index (χ1v) is 15.7. The van der Waals surface area contributed by atoms with E-state index in [1.54, 1.807) is 4.68 Å². The van der Waals surface area contributed by atoms with Gasteiger partial charge in [-0.25, -0.2) is 22.2 Å². The molecule has 0 saturated heterocycles. The lowest BCUT2D eigenvalue weighted by Crippen LogP contribution is -2.37. The maximum atomic E-state index is 14.5. The lowest BCUT2D eigenvalue weighted by molar-refractivity contribution is 0.0985. The van der Waals surface area contributed by atoms with E-state index in [9.17, 15) is 22.0 Å². The SMILES string of the molecule is Cc1cc(C)n(CCN(C(=O)c2ccc(S(=O)(=O)N(CC(C)C)CC(C)C)cc2)c2nc3c(F)cc(F)cc3s2)n1. The number of fused-ring (bicyclic) bond motifs is 1. The minimum atomic E-state index is -3.77. The predicted molar refractivity (Wildman–Crippen MR) is 158 cm³/mol. The first kappa shape index (κ1) is 30.7. The number of benzene rings is 2. The molecule has 0 radical (unpaired) electrons. The fraction of sp³-hybridized carbons (Fsp3) is 0.414. The Morgan fingerprint density at radius 2 is 1.63 bits per heavy atom. The van der Waals surface area contributed by atoms with Crippen LogP contribution in [0.5, 0.6) is 0 Å².